The molecule has 0 saturated heterocycles. The first-order valence-corrected chi connectivity index (χ1v) is 9.66. The lowest BCUT2D eigenvalue weighted by Gasteiger charge is -2.10. The van der Waals surface area contributed by atoms with Crippen molar-refractivity contribution in [2.24, 2.45) is 0 Å². The summed E-state index contributed by atoms with van der Waals surface area (Å²) in [5.74, 6) is -0.517. The second-order valence-electron chi connectivity index (χ2n) is 6.85. The standard InChI is InChI=1S/C25H19FN2O3/c26-19-10-12-20(13-11-19)27-25(30)18-8-14-21(15-9-18)31-16-24(29)28-23-7-3-5-17-4-1-2-6-22(17)23/h1-15H,16H2,(H,27,30)(H,28,29). The number of ether oxygens (including phenoxy) is 1. The summed E-state index contributed by atoms with van der Waals surface area (Å²) < 4.78 is 18.5. The minimum atomic E-state index is -0.371. The third kappa shape index (κ3) is 5.05. The zero-order chi connectivity index (χ0) is 21.6. The van der Waals surface area contributed by atoms with Crippen LogP contribution < -0.4 is 15.4 Å². The van der Waals surface area contributed by atoms with E-state index in [1.807, 2.05) is 42.5 Å². The first-order valence-electron chi connectivity index (χ1n) is 9.66. The number of nitrogens with one attached hydrogen (secondary N) is 2. The van der Waals surface area contributed by atoms with Crippen LogP contribution in [-0.2, 0) is 4.79 Å². The summed E-state index contributed by atoms with van der Waals surface area (Å²) in [4.78, 5) is 24.6. The second kappa shape index (κ2) is 9.09. The fourth-order valence-corrected chi connectivity index (χ4v) is 3.11. The van der Waals surface area contributed by atoms with Crippen molar-refractivity contribution in [2.45, 2.75) is 0 Å². The maximum Gasteiger partial charge on any atom is 0.262 e. The number of rotatable bonds is 6. The van der Waals surface area contributed by atoms with Crippen LogP contribution >= 0.6 is 0 Å². The van der Waals surface area contributed by atoms with Crippen molar-refractivity contribution in [3.05, 3.63) is 102 Å². The molecular formula is C25H19FN2O3. The Labute approximate surface area is 178 Å². The van der Waals surface area contributed by atoms with E-state index in [2.05, 4.69) is 10.6 Å². The van der Waals surface area contributed by atoms with Gasteiger partial charge in [-0.25, -0.2) is 4.39 Å². The molecule has 31 heavy (non-hydrogen) atoms. The van der Waals surface area contributed by atoms with Gasteiger partial charge < -0.3 is 15.4 Å². The molecule has 0 unspecified atom stereocenters. The first-order chi connectivity index (χ1) is 15.1. The van der Waals surface area contributed by atoms with Gasteiger partial charge in [-0.15, -0.1) is 0 Å². The summed E-state index contributed by atoms with van der Waals surface area (Å²) in [6.45, 7) is -0.162. The predicted molar refractivity (Wildman–Crippen MR) is 119 cm³/mol. The maximum atomic E-state index is 13.0. The van der Waals surface area contributed by atoms with E-state index < -0.39 is 0 Å². The smallest absolute Gasteiger partial charge is 0.262 e. The van der Waals surface area contributed by atoms with Crippen molar-refractivity contribution in [1.29, 1.82) is 0 Å². The lowest BCUT2D eigenvalue weighted by atomic mass is 10.1. The van der Waals surface area contributed by atoms with Crippen molar-refractivity contribution in [3.63, 3.8) is 0 Å². The predicted octanol–water partition coefficient (Wildman–Crippen LogP) is 5.25. The molecule has 0 aliphatic heterocycles. The van der Waals surface area contributed by atoms with Crippen LogP contribution in [0, 0.1) is 5.82 Å². The Morgan fingerprint density at radius 2 is 1.48 bits per heavy atom. The number of hydrogen-bond donors (Lipinski definition) is 2. The van der Waals surface area contributed by atoms with Gasteiger partial charge in [-0.3, -0.25) is 9.59 Å². The molecule has 0 heterocycles. The summed E-state index contributed by atoms with van der Waals surface area (Å²) in [5.41, 5.74) is 1.63. The van der Waals surface area contributed by atoms with E-state index in [4.69, 9.17) is 4.74 Å². The van der Waals surface area contributed by atoms with Gasteiger partial charge in [0.2, 0.25) is 0 Å². The zero-order valence-electron chi connectivity index (χ0n) is 16.5. The SMILES string of the molecule is O=C(COc1ccc(C(=O)Nc2ccc(F)cc2)cc1)Nc1cccc2ccccc12. The van der Waals surface area contributed by atoms with E-state index in [9.17, 15) is 14.0 Å². The summed E-state index contributed by atoms with van der Waals surface area (Å²) in [7, 11) is 0. The van der Waals surface area contributed by atoms with E-state index in [0.29, 0.717) is 17.0 Å². The van der Waals surface area contributed by atoms with E-state index >= 15 is 0 Å². The highest BCUT2D eigenvalue weighted by atomic mass is 19.1. The molecule has 0 bridgehead atoms. The van der Waals surface area contributed by atoms with E-state index in [1.165, 1.54) is 24.3 Å². The lowest BCUT2D eigenvalue weighted by Crippen LogP contribution is -2.20. The number of carbonyl (C=O) groups excluding carboxylic acids is 2. The van der Waals surface area contributed by atoms with Crippen molar-refractivity contribution < 1.29 is 18.7 Å². The van der Waals surface area contributed by atoms with Crippen molar-refractivity contribution in [3.8, 4) is 5.75 Å². The van der Waals surface area contributed by atoms with Crippen LogP contribution in [0.2, 0.25) is 0 Å². The molecule has 154 valence electrons. The average Bonchev–Trinajstić information content (AvgIpc) is 2.80. The molecule has 2 amide bonds. The summed E-state index contributed by atoms with van der Waals surface area (Å²) in [5, 5.41) is 7.54. The fourth-order valence-electron chi connectivity index (χ4n) is 3.11. The van der Waals surface area contributed by atoms with Gasteiger partial charge in [0, 0.05) is 22.3 Å². The van der Waals surface area contributed by atoms with Crippen molar-refractivity contribution in [1.82, 2.24) is 0 Å². The monoisotopic (exact) mass is 414 g/mol. The molecule has 0 radical (unpaired) electrons. The van der Waals surface area contributed by atoms with Gasteiger partial charge in [-0.1, -0.05) is 36.4 Å². The summed E-state index contributed by atoms with van der Waals surface area (Å²) in [6.07, 6.45) is 0. The van der Waals surface area contributed by atoms with Gasteiger partial charge in [0.15, 0.2) is 6.61 Å². The Hall–Kier alpha value is -4.19. The molecule has 0 saturated carbocycles. The summed E-state index contributed by atoms with van der Waals surface area (Å²) >= 11 is 0. The Kier molecular flexibility index (Phi) is 5.89. The highest BCUT2D eigenvalue weighted by molar-refractivity contribution is 6.04. The molecule has 0 aliphatic carbocycles. The second-order valence-corrected chi connectivity index (χ2v) is 6.85. The third-order valence-electron chi connectivity index (χ3n) is 4.65. The van der Waals surface area contributed by atoms with E-state index in [-0.39, 0.29) is 24.2 Å². The fraction of sp³-hybridized carbons (Fsp3) is 0.0400. The Balaban J connectivity index is 1.33. The topological polar surface area (TPSA) is 67.4 Å². The molecule has 4 rings (SSSR count). The number of hydrogen-bond acceptors (Lipinski definition) is 3. The van der Waals surface area contributed by atoms with Gasteiger partial charge in [-0.05, 0) is 60.0 Å². The van der Waals surface area contributed by atoms with Crippen LogP contribution in [0.3, 0.4) is 0 Å². The quantitative estimate of drug-likeness (QED) is 0.453. The number of anilines is 2. The highest BCUT2D eigenvalue weighted by Crippen LogP contribution is 2.23. The number of benzene rings is 4. The van der Waals surface area contributed by atoms with E-state index in [1.54, 1.807) is 24.3 Å². The van der Waals surface area contributed by atoms with Crippen LogP contribution in [0.5, 0.6) is 5.75 Å². The van der Waals surface area contributed by atoms with Crippen LogP contribution in [-0.4, -0.2) is 18.4 Å². The highest BCUT2D eigenvalue weighted by Gasteiger charge is 2.09. The molecule has 0 fully saturated rings. The zero-order valence-corrected chi connectivity index (χ0v) is 16.5. The molecular weight excluding hydrogens is 395 g/mol. The Bertz CT molecular complexity index is 1220. The Morgan fingerprint density at radius 1 is 0.774 bits per heavy atom. The van der Waals surface area contributed by atoms with Crippen LogP contribution in [0.1, 0.15) is 10.4 Å². The number of fused-ring (bicyclic) bond motifs is 1. The molecule has 5 nitrogen and oxygen atoms in total. The minimum Gasteiger partial charge on any atom is -0.484 e. The van der Waals surface area contributed by atoms with E-state index in [0.717, 1.165) is 16.5 Å². The molecule has 0 spiro atoms. The third-order valence-corrected chi connectivity index (χ3v) is 4.65. The molecule has 4 aromatic carbocycles. The van der Waals surface area contributed by atoms with Crippen LogP contribution in [0.25, 0.3) is 10.8 Å². The molecule has 0 aromatic heterocycles. The number of amides is 2. The molecule has 2 N–H and O–H groups in total. The van der Waals surface area contributed by atoms with Gasteiger partial charge in [0.05, 0.1) is 0 Å². The first kappa shape index (κ1) is 20.1. The molecule has 6 heteroatoms. The normalized spacial score (nSPS) is 10.5. The average molecular weight is 414 g/mol. The van der Waals surface area contributed by atoms with Crippen LogP contribution in [0.15, 0.2) is 91.0 Å². The van der Waals surface area contributed by atoms with Gasteiger partial charge >= 0.3 is 0 Å². The molecule has 0 aliphatic rings. The molecule has 4 aromatic rings. The number of carbonyl (C=O) groups is 2. The van der Waals surface area contributed by atoms with Gasteiger partial charge in [-0.2, -0.15) is 0 Å². The Morgan fingerprint density at radius 3 is 2.26 bits per heavy atom. The van der Waals surface area contributed by atoms with Crippen LogP contribution in [0.4, 0.5) is 15.8 Å². The van der Waals surface area contributed by atoms with Crippen molar-refractivity contribution >= 4 is 34.0 Å². The van der Waals surface area contributed by atoms with Gasteiger partial charge in [0.1, 0.15) is 11.6 Å². The van der Waals surface area contributed by atoms with Gasteiger partial charge in [0.25, 0.3) is 11.8 Å². The molecule has 0 atom stereocenters. The maximum absolute atomic E-state index is 13.0. The largest absolute Gasteiger partial charge is 0.484 e. The number of halogens is 1. The minimum absolute atomic E-state index is 0.162. The van der Waals surface area contributed by atoms with Crippen molar-refractivity contribution in [2.75, 3.05) is 17.2 Å². The lowest BCUT2D eigenvalue weighted by molar-refractivity contribution is -0.118. The summed E-state index contributed by atoms with van der Waals surface area (Å²) in [6, 6.07) is 25.4.